The van der Waals surface area contributed by atoms with Gasteiger partial charge in [-0.2, -0.15) is 4.72 Å². The van der Waals surface area contributed by atoms with Gasteiger partial charge in [-0.1, -0.05) is 6.07 Å². The number of pyridine rings is 1. The molecule has 1 aromatic heterocycles. The minimum atomic E-state index is -1.58. The van der Waals surface area contributed by atoms with Crippen LogP contribution in [0.2, 0.25) is 0 Å². The molecule has 2 atom stereocenters. The fourth-order valence-corrected chi connectivity index (χ4v) is 4.56. The Balaban J connectivity index is 1.41. The highest BCUT2D eigenvalue weighted by atomic mass is 32.2. The topological polar surface area (TPSA) is 116 Å². The van der Waals surface area contributed by atoms with Gasteiger partial charge in [0.2, 0.25) is 17.5 Å². The van der Waals surface area contributed by atoms with Crippen LogP contribution < -0.4 is 15.2 Å². The van der Waals surface area contributed by atoms with Gasteiger partial charge in [0.1, 0.15) is 12.4 Å². The molecule has 8 nitrogen and oxygen atoms in total. The number of nitrogens with zero attached hydrogens (tertiary/aromatic N) is 3. The van der Waals surface area contributed by atoms with Crippen LogP contribution >= 0.6 is 0 Å². The SMILES string of the molecule is NC1=N[S+]([O-])Nc2cccc(OCC3CCCCN3C(=O)CCc3ccncc3)c21. The molecule has 0 aliphatic carbocycles. The summed E-state index contributed by atoms with van der Waals surface area (Å²) < 4.78 is 24.4. The number of fused-ring (bicyclic) bond motifs is 1. The minimum absolute atomic E-state index is 0.0170. The lowest BCUT2D eigenvalue weighted by Gasteiger charge is -2.36. The van der Waals surface area contributed by atoms with E-state index in [-0.39, 0.29) is 17.8 Å². The quantitative estimate of drug-likeness (QED) is 0.683. The molecule has 2 unspecified atom stereocenters. The first-order chi connectivity index (χ1) is 14.6. The average Bonchev–Trinajstić information content (AvgIpc) is 2.76. The lowest BCUT2D eigenvalue weighted by atomic mass is 10.0. The summed E-state index contributed by atoms with van der Waals surface area (Å²) in [4.78, 5) is 18.9. The number of aryl methyl sites for hydroxylation is 1. The summed E-state index contributed by atoms with van der Waals surface area (Å²) in [6.07, 6.45) is 7.65. The number of aromatic nitrogens is 1. The van der Waals surface area contributed by atoms with Gasteiger partial charge >= 0.3 is 0 Å². The molecule has 30 heavy (non-hydrogen) atoms. The van der Waals surface area contributed by atoms with Crippen LogP contribution in [-0.2, 0) is 22.8 Å². The van der Waals surface area contributed by atoms with Crippen LogP contribution in [0.3, 0.4) is 0 Å². The van der Waals surface area contributed by atoms with Gasteiger partial charge in [-0.15, -0.1) is 0 Å². The summed E-state index contributed by atoms with van der Waals surface area (Å²) in [5, 5.41) is 0. The van der Waals surface area contributed by atoms with Crippen LogP contribution in [0.15, 0.2) is 47.1 Å². The number of benzene rings is 1. The molecule has 3 N–H and O–H groups in total. The van der Waals surface area contributed by atoms with E-state index < -0.39 is 11.5 Å². The molecule has 158 valence electrons. The number of hydrogen-bond donors (Lipinski definition) is 2. The molecule has 1 amide bonds. The lowest BCUT2D eigenvalue weighted by Crippen LogP contribution is -2.46. The van der Waals surface area contributed by atoms with Gasteiger partial charge in [0.15, 0.2) is 5.84 Å². The van der Waals surface area contributed by atoms with Crippen molar-refractivity contribution in [2.24, 2.45) is 10.1 Å². The van der Waals surface area contributed by atoms with E-state index in [1.807, 2.05) is 29.2 Å². The van der Waals surface area contributed by atoms with E-state index in [1.54, 1.807) is 18.5 Å². The number of hydrogen-bond acceptors (Lipinski definition) is 7. The van der Waals surface area contributed by atoms with Crippen LogP contribution in [-0.4, -0.2) is 45.4 Å². The van der Waals surface area contributed by atoms with E-state index in [2.05, 4.69) is 14.1 Å². The van der Waals surface area contributed by atoms with Gasteiger partial charge in [0.25, 0.3) is 0 Å². The first kappa shape index (κ1) is 20.5. The normalized spacial score (nSPS) is 20.7. The monoisotopic (exact) mass is 427 g/mol. The molecule has 2 aliphatic heterocycles. The number of carbonyl (C=O) groups is 1. The highest BCUT2D eigenvalue weighted by molar-refractivity contribution is 7.91. The van der Waals surface area contributed by atoms with E-state index in [4.69, 9.17) is 10.5 Å². The van der Waals surface area contributed by atoms with Crippen molar-refractivity contribution in [1.29, 1.82) is 0 Å². The third-order valence-electron chi connectivity index (χ3n) is 5.42. The van der Waals surface area contributed by atoms with Crippen molar-refractivity contribution in [3.63, 3.8) is 0 Å². The van der Waals surface area contributed by atoms with Crippen molar-refractivity contribution in [2.75, 3.05) is 17.9 Å². The minimum Gasteiger partial charge on any atom is -0.566 e. The number of piperidine rings is 1. The molecule has 1 saturated heterocycles. The maximum absolute atomic E-state index is 12.9. The van der Waals surface area contributed by atoms with Crippen LogP contribution in [0.5, 0.6) is 5.75 Å². The Morgan fingerprint density at radius 1 is 1.30 bits per heavy atom. The van der Waals surface area contributed by atoms with Crippen molar-refractivity contribution < 1.29 is 14.1 Å². The van der Waals surface area contributed by atoms with Gasteiger partial charge < -0.3 is 19.9 Å². The summed E-state index contributed by atoms with van der Waals surface area (Å²) in [6, 6.07) is 9.32. The molecule has 1 aromatic carbocycles. The predicted octanol–water partition coefficient (Wildman–Crippen LogP) is 2.18. The Morgan fingerprint density at radius 3 is 2.97 bits per heavy atom. The molecular formula is C21H25N5O3S. The first-order valence-corrected chi connectivity index (χ1v) is 11.2. The second kappa shape index (κ2) is 9.36. The molecule has 2 aliphatic rings. The zero-order valence-corrected chi connectivity index (χ0v) is 17.4. The summed E-state index contributed by atoms with van der Waals surface area (Å²) in [7, 11) is 0. The summed E-state index contributed by atoms with van der Waals surface area (Å²) in [6.45, 7) is 1.13. The highest BCUT2D eigenvalue weighted by Crippen LogP contribution is 2.31. The van der Waals surface area contributed by atoms with Crippen LogP contribution in [0.4, 0.5) is 5.69 Å². The van der Waals surface area contributed by atoms with Gasteiger partial charge in [0, 0.05) is 25.4 Å². The van der Waals surface area contributed by atoms with E-state index in [0.717, 1.165) is 31.4 Å². The zero-order valence-electron chi connectivity index (χ0n) is 16.6. The Morgan fingerprint density at radius 2 is 2.13 bits per heavy atom. The number of nitrogens with one attached hydrogen (secondary N) is 1. The number of anilines is 1. The molecular weight excluding hydrogens is 402 g/mol. The second-order valence-electron chi connectivity index (χ2n) is 7.41. The standard InChI is InChI=1S/C21H25N5O3S/c22-21-20-17(24-30(28)25-21)5-3-6-18(20)29-14-16-4-1-2-13-26(16)19(27)8-7-15-9-11-23-12-10-15/h3,5-6,9-12,16,24H,1-2,4,7-8,13-14H2,(H2,22,25). The molecule has 9 heteroatoms. The first-order valence-electron chi connectivity index (χ1n) is 10.1. The predicted molar refractivity (Wildman–Crippen MR) is 116 cm³/mol. The maximum atomic E-state index is 12.9. The van der Waals surface area contributed by atoms with E-state index >= 15 is 0 Å². The highest BCUT2D eigenvalue weighted by Gasteiger charge is 2.29. The van der Waals surface area contributed by atoms with Crippen LogP contribution in [0.1, 0.15) is 36.8 Å². The van der Waals surface area contributed by atoms with Gasteiger partial charge in [-0.25, -0.2) is 0 Å². The smallest absolute Gasteiger partial charge is 0.223 e. The lowest BCUT2D eigenvalue weighted by molar-refractivity contribution is -0.135. The number of ether oxygens (including phenoxy) is 1. The number of nitrogens with two attached hydrogens (primary N) is 1. The van der Waals surface area contributed by atoms with Gasteiger partial charge in [0.05, 0.1) is 17.3 Å². The Labute approximate surface area is 179 Å². The fraction of sp³-hybridized carbons (Fsp3) is 0.381. The van der Waals surface area contributed by atoms with Crippen molar-refractivity contribution >= 4 is 29.0 Å². The number of amidine groups is 1. The van der Waals surface area contributed by atoms with Crippen molar-refractivity contribution in [2.45, 2.75) is 38.1 Å². The number of amides is 1. The Hall–Kier alpha value is -2.78. The molecule has 0 spiro atoms. The molecule has 3 heterocycles. The van der Waals surface area contributed by atoms with Gasteiger partial charge in [-0.3, -0.25) is 9.78 Å². The number of likely N-dealkylation sites (tertiary alicyclic amines) is 1. The fourth-order valence-electron chi connectivity index (χ4n) is 3.88. The van der Waals surface area contributed by atoms with Crippen LogP contribution in [0.25, 0.3) is 0 Å². The zero-order chi connectivity index (χ0) is 20.9. The second-order valence-corrected chi connectivity index (χ2v) is 8.29. The Bertz CT molecular complexity index is 924. The van der Waals surface area contributed by atoms with E-state index in [9.17, 15) is 9.35 Å². The van der Waals surface area contributed by atoms with E-state index in [1.165, 1.54) is 0 Å². The molecule has 4 rings (SSSR count). The molecule has 2 aromatic rings. The molecule has 1 fully saturated rings. The van der Waals surface area contributed by atoms with Crippen molar-refractivity contribution in [3.05, 3.63) is 53.9 Å². The van der Waals surface area contributed by atoms with Crippen molar-refractivity contribution in [1.82, 2.24) is 9.88 Å². The third-order valence-corrected chi connectivity index (χ3v) is 6.17. The molecule has 0 saturated carbocycles. The molecule has 0 radical (unpaired) electrons. The Kier molecular flexibility index (Phi) is 6.39. The summed E-state index contributed by atoms with van der Waals surface area (Å²) in [5.74, 6) is 0.910. The third kappa shape index (κ3) is 4.68. The summed E-state index contributed by atoms with van der Waals surface area (Å²) >= 11 is -1.58. The maximum Gasteiger partial charge on any atom is 0.223 e. The number of rotatable bonds is 6. The van der Waals surface area contributed by atoms with Crippen LogP contribution in [0, 0.1) is 0 Å². The van der Waals surface area contributed by atoms with E-state index in [0.29, 0.717) is 36.4 Å². The largest absolute Gasteiger partial charge is 0.566 e. The number of carbonyl (C=O) groups excluding carboxylic acids is 1. The molecule has 0 bridgehead atoms. The van der Waals surface area contributed by atoms with Gasteiger partial charge in [-0.05, 0) is 59.9 Å². The average molecular weight is 428 g/mol. The summed E-state index contributed by atoms with van der Waals surface area (Å²) in [5.41, 5.74) is 8.34. The van der Waals surface area contributed by atoms with Crippen molar-refractivity contribution in [3.8, 4) is 5.75 Å².